The molecule has 0 radical (unpaired) electrons. The largest absolute Gasteiger partial charge is 0.477 e. The highest BCUT2D eigenvalue weighted by atomic mass is 16.8. The first-order valence-corrected chi connectivity index (χ1v) is 34.0. The number of aliphatic carboxylic acids is 1. The molecule has 0 spiro atoms. The fourth-order valence-electron chi connectivity index (χ4n) is 12.0. The summed E-state index contributed by atoms with van der Waals surface area (Å²) in [6, 6.07) is -2.53. The number of carbonyl (C=O) groups excluding carboxylic acids is 2. The number of rotatable bonds is 51. The van der Waals surface area contributed by atoms with E-state index in [0.29, 0.717) is 19.3 Å². The summed E-state index contributed by atoms with van der Waals surface area (Å²) in [7, 11) is 0. The number of ether oxygens (including phenoxy) is 6. The van der Waals surface area contributed by atoms with Gasteiger partial charge in [-0.1, -0.05) is 199 Å². The molecule has 3 rings (SSSR count). The van der Waals surface area contributed by atoms with E-state index in [4.69, 9.17) is 28.4 Å². The van der Waals surface area contributed by atoms with E-state index < -0.39 is 148 Å². The summed E-state index contributed by atoms with van der Waals surface area (Å²) < 4.78 is 34.8. The van der Waals surface area contributed by atoms with Gasteiger partial charge in [-0.25, -0.2) is 4.79 Å². The molecule has 2 amide bonds. The number of carbonyl (C=O) groups is 3. The Hall–Kier alpha value is -2.53. The van der Waals surface area contributed by atoms with Gasteiger partial charge in [0.15, 0.2) is 12.6 Å². The quantitative estimate of drug-likeness (QED) is 0.0264. The molecule has 3 fully saturated rings. The Balaban J connectivity index is 1.61. The number of amides is 2. The first kappa shape index (κ1) is 79.7. The van der Waals surface area contributed by atoms with Gasteiger partial charge in [0, 0.05) is 19.8 Å². The number of carboxylic acid groups (broad SMARTS) is 1. The summed E-state index contributed by atoms with van der Waals surface area (Å²) in [5.74, 6) is -6.11. The van der Waals surface area contributed by atoms with Crippen LogP contribution >= 0.6 is 0 Å². The molecule has 0 bridgehead atoms. The highest BCUT2D eigenvalue weighted by molar-refractivity contribution is 5.77. The molecule has 0 aromatic carbocycles. The van der Waals surface area contributed by atoms with Crippen molar-refractivity contribution in [2.75, 3.05) is 26.4 Å². The van der Waals surface area contributed by atoms with Crippen molar-refractivity contribution in [1.29, 1.82) is 0 Å². The van der Waals surface area contributed by atoms with Gasteiger partial charge in [-0.15, -0.1) is 0 Å². The summed E-state index contributed by atoms with van der Waals surface area (Å²) in [6.07, 6.45) is 13.5. The number of hydrogen-bond donors (Lipinski definition) is 14. The van der Waals surface area contributed by atoms with Crippen LogP contribution in [0.3, 0.4) is 0 Å². The standard InChI is InChI=1S/C65H120N2O21/c1-4-6-8-10-12-14-16-18-20-22-23-24-26-28-30-32-34-36-38-47(72)46(67-52(75)39-37-35-33-31-29-27-25-21-19-17-15-13-11-9-7-5-2)44-83-62-57(79)56(78)59(51(43-70)85-62)86-63-58(80)61(55(77)50(42-69)84-63)88-65(64(81)82)40-48(73)53(66-45(3)71)60(87-65)54(76)49(74)41-68/h21,25,46-51,53-63,68-70,72-74,76-80H,4-20,22-24,26-44H2,1-3H3,(H,66,71)(H,67,75)(H,81,82)/b25-21-. The van der Waals surface area contributed by atoms with Crippen LogP contribution in [0.4, 0.5) is 0 Å². The van der Waals surface area contributed by atoms with Gasteiger partial charge in [-0.2, -0.15) is 0 Å². The van der Waals surface area contributed by atoms with Gasteiger partial charge in [-0.05, 0) is 38.5 Å². The SMILES string of the molecule is CCCCCCCCC/C=C\CCCCCCCC(=O)NC(COC1OC(CO)C(OC2OC(CO)C(O)C(OC3(C(=O)O)CC(O)C(NC(C)=O)C(C(O)C(O)CO)O3)C2O)C(O)C1O)C(O)CCCCCCCCCCCCCCCCCCCC. The van der Waals surface area contributed by atoms with Crippen LogP contribution in [-0.2, 0) is 42.8 Å². The maximum Gasteiger partial charge on any atom is 0.364 e. The minimum atomic E-state index is -3.08. The van der Waals surface area contributed by atoms with Crippen LogP contribution in [0.25, 0.3) is 0 Å². The Morgan fingerprint density at radius 3 is 1.53 bits per heavy atom. The molecule has 18 atom stereocenters. The van der Waals surface area contributed by atoms with Crippen molar-refractivity contribution < 1.29 is 104 Å². The van der Waals surface area contributed by atoms with Crippen molar-refractivity contribution in [3.8, 4) is 0 Å². The average Bonchev–Trinajstić information content (AvgIpc) is 0.809. The lowest BCUT2D eigenvalue weighted by atomic mass is 9.88. The molecule has 0 aromatic heterocycles. The molecule has 0 aliphatic carbocycles. The summed E-state index contributed by atoms with van der Waals surface area (Å²) in [6.45, 7) is 2.20. The van der Waals surface area contributed by atoms with Gasteiger partial charge >= 0.3 is 5.97 Å². The summed E-state index contributed by atoms with van der Waals surface area (Å²) in [5.41, 5.74) is 0. The third kappa shape index (κ3) is 29.2. The van der Waals surface area contributed by atoms with E-state index in [0.717, 1.165) is 71.1 Å². The maximum atomic E-state index is 13.4. The van der Waals surface area contributed by atoms with Crippen molar-refractivity contribution in [2.24, 2.45) is 0 Å². The fourth-order valence-corrected chi connectivity index (χ4v) is 12.0. The van der Waals surface area contributed by atoms with Crippen molar-refractivity contribution in [3.05, 3.63) is 12.2 Å². The van der Waals surface area contributed by atoms with Crippen LogP contribution in [0.1, 0.15) is 245 Å². The second kappa shape index (κ2) is 46.5. The van der Waals surface area contributed by atoms with E-state index >= 15 is 0 Å². The van der Waals surface area contributed by atoms with Crippen molar-refractivity contribution in [2.45, 2.75) is 355 Å². The molecule has 23 nitrogen and oxygen atoms in total. The van der Waals surface area contributed by atoms with Crippen LogP contribution in [0.5, 0.6) is 0 Å². The molecule has 23 heteroatoms. The summed E-state index contributed by atoms with van der Waals surface area (Å²) in [5, 5.41) is 136. The zero-order valence-corrected chi connectivity index (χ0v) is 53.6. The Labute approximate surface area is 524 Å². The maximum absolute atomic E-state index is 13.4. The Bertz CT molecular complexity index is 1840. The molecule has 18 unspecified atom stereocenters. The zero-order chi connectivity index (χ0) is 64.7. The highest BCUT2D eigenvalue weighted by Gasteiger charge is 2.60. The summed E-state index contributed by atoms with van der Waals surface area (Å²) >= 11 is 0. The predicted octanol–water partition coefficient (Wildman–Crippen LogP) is 5.51. The minimum Gasteiger partial charge on any atom is -0.477 e. The zero-order valence-electron chi connectivity index (χ0n) is 53.6. The second-order valence-corrected chi connectivity index (χ2v) is 25.0. The van der Waals surface area contributed by atoms with Gasteiger partial charge in [0.25, 0.3) is 5.79 Å². The minimum absolute atomic E-state index is 0.215. The third-order valence-electron chi connectivity index (χ3n) is 17.5. The molecule has 14 N–H and O–H groups in total. The first-order chi connectivity index (χ1) is 42.4. The van der Waals surface area contributed by atoms with Crippen LogP contribution in [-0.4, -0.2) is 215 Å². The van der Waals surface area contributed by atoms with E-state index in [9.17, 15) is 75.7 Å². The number of allylic oxidation sites excluding steroid dienone is 2. The fraction of sp³-hybridized carbons (Fsp3) is 0.923. The molecular weight excluding hydrogens is 1140 g/mol. The number of unbranched alkanes of at least 4 members (excludes halogenated alkanes) is 29. The molecule has 0 saturated carbocycles. The van der Waals surface area contributed by atoms with Gasteiger partial charge in [0.05, 0.1) is 50.7 Å². The molecular formula is C65H120N2O21. The Morgan fingerprint density at radius 2 is 1.06 bits per heavy atom. The highest BCUT2D eigenvalue weighted by Crippen LogP contribution is 2.39. The smallest absolute Gasteiger partial charge is 0.364 e. The molecule has 3 saturated heterocycles. The van der Waals surface area contributed by atoms with Crippen LogP contribution in [0, 0.1) is 0 Å². The number of nitrogens with one attached hydrogen (secondary N) is 2. The number of aliphatic hydroxyl groups is 11. The van der Waals surface area contributed by atoms with E-state index in [1.54, 1.807) is 0 Å². The number of aliphatic hydroxyl groups excluding tert-OH is 11. The van der Waals surface area contributed by atoms with Gasteiger partial charge in [0.2, 0.25) is 11.8 Å². The molecule has 0 aromatic rings. The lowest BCUT2D eigenvalue weighted by Gasteiger charge is -2.50. The molecule has 3 heterocycles. The van der Waals surface area contributed by atoms with Crippen LogP contribution in [0.15, 0.2) is 12.2 Å². The van der Waals surface area contributed by atoms with Crippen molar-refractivity contribution in [1.82, 2.24) is 10.6 Å². The van der Waals surface area contributed by atoms with Crippen LogP contribution < -0.4 is 10.6 Å². The lowest BCUT2D eigenvalue weighted by Crippen LogP contribution is -2.70. The van der Waals surface area contributed by atoms with Crippen molar-refractivity contribution in [3.63, 3.8) is 0 Å². The third-order valence-corrected chi connectivity index (χ3v) is 17.5. The predicted molar refractivity (Wildman–Crippen MR) is 329 cm³/mol. The van der Waals surface area contributed by atoms with Gasteiger partial charge in [0.1, 0.15) is 67.1 Å². The average molecular weight is 1270 g/mol. The molecule has 3 aliphatic rings. The second-order valence-electron chi connectivity index (χ2n) is 25.0. The number of carboxylic acids is 1. The Morgan fingerprint density at radius 1 is 0.580 bits per heavy atom. The van der Waals surface area contributed by atoms with Gasteiger partial charge in [-0.3, -0.25) is 9.59 Å². The Kier molecular flexibility index (Phi) is 42.1. The molecule has 3 aliphatic heterocycles. The topological polar surface area (TPSA) is 373 Å². The van der Waals surface area contributed by atoms with E-state index in [1.807, 2.05) is 0 Å². The lowest BCUT2D eigenvalue weighted by molar-refractivity contribution is -0.386. The molecule has 88 heavy (non-hydrogen) atoms. The first-order valence-electron chi connectivity index (χ1n) is 34.0. The van der Waals surface area contributed by atoms with E-state index in [-0.39, 0.29) is 18.9 Å². The van der Waals surface area contributed by atoms with Crippen LogP contribution in [0.2, 0.25) is 0 Å². The van der Waals surface area contributed by atoms with E-state index in [1.165, 1.54) is 128 Å². The molecule has 516 valence electrons. The van der Waals surface area contributed by atoms with Gasteiger partial charge < -0.3 is 100 Å². The van der Waals surface area contributed by atoms with E-state index in [2.05, 4.69) is 36.6 Å². The monoisotopic (exact) mass is 1260 g/mol. The normalized spacial score (nSPS) is 29.0. The number of hydrogen-bond acceptors (Lipinski definition) is 20. The summed E-state index contributed by atoms with van der Waals surface area (Å²) in [4.78, 5) is 38.5. The van der Waals surface area contributed by atoms with Crippen molar-refractivity contribution >= 4 is 17.8 Å².